The zero-order valence-electron chi connectivity index (χ0n) is 22.8. The van der Waals surface area contributed by atoms with E-state index in [1.807, 2.05) is 61.3 Å². The summed E-state index contributed by atoms with van der Waals surface area (Å²) >= 11 is 9.76. The van der Waals surface area contributed by atoms with Gasteiger partial charge >= 0.3 is 5.97 Å². The zero-order chi connectivity index (χ0) is 28.3. The van der Waals surface area contributed by atoms with Gasteiger partial charge in [0.1, 0.15) is 5.52 Å². The van der Waals surface area contributed by atoms with Crippen molar-refractivity contribution in [3.05, 3.63) is 99.0 Å². The van der Waals surface area contributed by atoms with Crippen molar-refractivity contribution in [2.75, 3.05) is 5.75 Å². The Balaban J connectivity index is 1.37. The van der Waals surface area contributed by atoms with Gasteiger partial charge in [-0.05, 0) is 85.4 Å². The lowest BCUT2D eigenvalue weighted by atomic mass is 9.90. The van der Waals surface area contributed by atoms with Crippen LogP contribution in [0.15, 0.2) is 66.0 Å². The molecule has 2 heterocycles. The summed E-state index contributed by atoms with van der Waals surface area (Å²) in [5.74, 6) is 0.124. The molecule has 0 bridgehead atoms. The lowest BCUT2D eigenvalue weighted by Gasteiger charge is -2.24. The molecule has 0 saturated heterocycles. The molecule has 4 aromatic rings. The van der Waals surface area contributed by atoms with E-state index >= 15 is 0 Å². The second-order valence-corrected chi connectivity index (χ2v) is 13.8. The summed E-state index contributed by atoms with van der Waals surface area (Å²) in [6.07, 6.45) is 8.01. The SMILES string of the molecule is CC(C)(O)c1ccccc1CCC(SCC1(CC(=O)O)CC1)c1cccc(/C=C/c2ccc3scc(Cl)c3n2)c1. The number of aliphatic carboxylic acids is 1. The molecule has 0 radical (unpaired) electrons. The van der Waals surface area contributed by atoms with Gasteiger partial charge in [0.05, 0.1) is 27.4 Å². The fourth-order valence-corrected chi connectivity index (χ4v) is 7.81. The second-order valence-electron chi connectivity index (χ2n) is 11.3. The first-order valence-electron chi connectivity index (χ1n) is 13.6. The van der Waals surface area contributed by atoms with Crippen LogP contribution < -0.4 is 0 Å². The molecular weight excluding hydrogens is 558 g/mol. The van der Waals surface area contributed by atoms with E-state index in [4.69, 9.17) is 16.6 Å². The van der Waals surface area contributed by atoms with Gasteiger partial charge < -0.3 is 10.2 Å². The number of aliphatic hydroxyl groups is 1. The van der Waals surface area contributed by atoms with Gasteiger partial charge in [0, 0.05) is 16.4 Å². The number of thiophene rings is 1. The van der Waals surface area contributed by atoms with Crippen molar-refractivity contribution in [1.29, 1.82) is 0 Å². The average molecular weight is 592 g/mol. The third-order valence-corrected chi connectivity index (χ3v) is 10.6. The molecule has 2 aromatic carbocycles. The Morgan fingerprint density at radius 2 is 1.95 bits per heavy atom. The van der Waals surface area contributed by atoms with E-state index in [1.54, 1.807) is 11.3 Å². The Labute approximate surface area is 249 Å². The maximum Gasteiger partial charge on any atom is 0.303 e. The normalized spacial score (nSPS) is 15.5. The smallest absolute Gasteiger partial charge is 0.303 e. The number of benzene rings is 2. The maximum atomic E-state index is 11.5. The van der Waals surface area contributed by atoms with E-state index in [2.05, 4.69) is 42.5 Å². The second kappa shape index (κ2) is 12.1. The first-order chi connectivity index (χ1) is 19.1. The number of pyridine rings is 1. The minimum atomic E-state index is -0.909. The van der Waals surface area contributed by atoms with Crippen LogP contribution in [0.3, 0.4) is 0 Å². The van der Waals surface area contributed by atoms with E-state index in [0.717, 1.165) is 64.0 Å². The topological polar surface area (TPSA) is 70.4 Å². The monoisotopic (exact) mass is 591 g/mol. The quantitative estimate of drug-likeness (QED) is 0.172. The highest BCUT2D eigenvalue weighted by atomic mass is 35.5. The molecule has 0 amide bonds. The number of carboxylic acid groups (broad SMARTS) is 1. The van der Waals surface area contributed by atoms with Crippen LogP contribution in [0.2, 0.25) is 5.02 Å². The molecular formula is C33H34ClNO3S2. The van der Waals surface area contributed by atoms with E-state index < -0.39 is 11.6 Å². The molecule has 2 N–H and O–H groups in total. The van der Waals surface area contributed by atoms with E-state index in [-0.39, 0.29) is 17.1 Å². The lowest BCUT2D eigenvalue weighted by Crippen LogP contribution is -2.18. The molecule has 7 heteroatoms. The number of aromatic nitrogens is 1. The third-order valence-electron chi connectivity index (χ3n) is 7.55. The molecule has 1 atom stereocenters. The van der Waals surface area contributed by atoms with Crippen LogP contribution in [0.25, 0.3) is 22.4 Å². The van der Waals surface area contributed by atoms with Crippen molar-refractivity contribution < 1.29 is 15.0 Å². The zero-order valence-corrected chi connectivity index (χ0v) is 25.2. The minimum absolute atomic E-state index is 0.0789. The van der Waals surface area contributed by atoms with Gasteiger partial charge in [-0.2, -0.15) is 11.8 Å². The summed E-state index contributed by atoms with van der Waals surface area (Å²) in [5.41, 5.74) is 5.12. The van der Waals surface area contributed by atoms with Crippen molar-refractivity contribution in [2.24, 2.45) is 5.41 Å². The summed E-state index contributed by atoms with van der Waals surface area (Å²) in [7, 11) is 0. The number of fused-ring (bicyclic) bond motifs is 1. The number of aryl methyl sites for hydroxylation is 1. The van der Waals surface area contributed by atoms with Gasteiger partial charge in [-0.1, -0.05) is 66.2 Å². The molecule has 40 heavy (non-hydrogen) atoms. The van der Waals surface area contributed by atoms with Crippen LogP contribution in [-0.2, 0) is 16.8 Å². The number of rotatable bonds is 12. The number of nitrogens with zero attached hydrogens (tertiary/aromatic N) is 1. The number of hydrogen-bond donors (Lipinski definition) is 2. The van der Waals surface area contributed by atoms with Gasteiger partial charge in [-0.3, -0.25) is 4.79 Å². The highest BCUT2D eigenvalue weighted by Gasteiger charge is 2.44. The van der Waals surface area contributed by atoms with E-state index in [1.165, 1.54) is 5.56 Å². The molecule has 1 aliphatic carbocycles. The predicted octanol–water partition coefficient (Wildman–Crippen LogP) is 9.01. The Bertz CT molecular complexity index is 1530. The van der Waals surface area contributed by atoms with Crippen molar-refractivity contribution in [3.8, 4) is 0 Å². The lowest BCUT2D eigenvalue weighted by molar-refractivity contribution is -0.138. The molecule has 1 saturated carbocycles. The van der Waals surface area contributed by atoms with Crippen LogP contribution in [0, 0.1) is 5.41 Å². The molecule has 0 spiro atoms. The molecule has 2 aromatic heterocycles. The van der Waals surface area contributed by atoms with Crippen molar-refractivity contribution in [3.63, 3.8) is 0 Å². The summed E-state index contributed by atoms with van der Waals surface area (Å²) in [6.45, 7) is 3.66. The molecule has 5 rings (SSSR count). The van der Waals surface area contributed by atoms with E-state index in [0.29, 0.717) is 5.02 Å². The van der Waals surface area contributed by atoms with Crippen LogP contribution in [0.5, 0.6) is 0 Å². The van der Waals surface area contributed by atoms with Crippen LogP contribution in [0.4, 0.5) is 0 Å². The Kier molecular flexibility index (Phi) is 8.72. The Hall–Kier alpha value is -2.64. The molecule has 208 valence electrons. The van der Waals surface area contributed by atoms with Crippen molar-refractivity contribution in [1.82, 2.24) is 4.98 Å². The first kappa shape index (κ1) is 28.9. The summed E-state index contributed by atoms with van der Waals surface area (Å²) in [6, 6.07) is 20.7. The number of carbonyl (C=O) groups is 1. The predicted molar refractivity (Wildman–Crippen MR) is 169 cm³/mol. The molecule has 0 aliphatic heterocycles. The fraction of sp³-hybridized carbons (Fsp3) is 0.333. The van der Waals surface area contributed by atoms with Gasteiger partial charge in [-0.25, -0.2) is 4.98 Å². The largest absolute Gasteiger partial charge is 0.481 e. The Morgan fingerprint density at radius 1 is 1.15 bits per heavy atom. The van der Waals surface area contributed by atoms with Crippen molar-refractivity contribution in [2.45, 2.75) is 56.8 Å². The molecule has 4 nitrogen and oxygen atoms in total. The molecule has 1 fully saturated rings. The van der Waals surface area contributed by atoms with E-state index in [9.17, 15) is 15.0 Å². The van der Waals surface area contributed by atoms with Gasteiger partial charge in [0.2, 0.25) is 0 Å². The number of halogens is 1. The van der Waals surface area contributed by atoms with Crippen molar-refractivity contribution >= 4 is 63.0 Å². The molecule has 1 unspecified atom stereocenters. The number of hydrogen-bond acceptors (Lipinski definition) is 5. The molecule has 1 aliphatic rings. The fourth-order valence-electron chi connectivity index (χ4n) is 5.15. The Morgan fingerprint density at radius 3 is 2.70 bits per heavy atom. The van der Waals surface area contributed by atoms with Crippen LogP contribution in [0.1, 0.15) is 72.7 Å². The highest BCUT2D eigenvalue weighted by Crippen LogP contribution is 2.53. The van der Waals surface area contributed by atoms with Gasteiger partial charge in [0.15, 0.2) is 0 Å². The van der Waals surface area contributed by atoms with Gasteiger partial charge in [0.25, 0.3) is 0 Å². The standard InChI is InChI=1S/C33H34ClNO3S2/c1-32(2,38)26-9-4-3-7-23(26)11-14-28(40-21-33(16-17-33)19-30(36)37)24-8-5-6-22(18-24)10-12-25-13-15-29-31(35-25)27(34)20-39-29/h3-10,12-13,15,18,20,28,38H,11,14,16-17,19,21H2,1-2H3,(H,36,37)/b12-10+. The minimum Gasteiger partial charge on any atom is -0.481 e. The maximum absolute atomic E-state index is 11.5. The van der Waals surface area contributed by atoms with Crippen LogP contribution in [-0.4, -0.2) is 26.9 Å². The van der Waals surface area contributed by atoms with Gasteiger partial charge in [-0.15, -0.1) is 11.3 Å². The summed E-state index contributed by atoms with van der Waals surface area (Å²) in [5, 5.41) is 22.9. The summed E-state index contributed by atoms with van der Waals surface area (Å²) < 4.78 is 1.08. The highest BCUT2D eigenvalue weighted by molar-refractivity contribution is 7.99. The summed E-state index contributed by atoms with van der Waals surface area (Å²) in [4.78, 5) is 16.2. The third kappa shape index (κ3) is 7.16. The number of thioether (sulfide) groups is 1. The van der Waals surface area contributed by atoms with Crippen LogP contribution >= 0.6 is 34.7 Å². The average Bonchev–Trinajstić information content (AvgIpc) is 3.58. The number of carboxylic acids is 1. The first-order valence-corrected chi connectivity index (χ1v) is 15.9.